The van der Waals surface area contributed by atoms with Gasteiger partial charge in [0.15, 0.2) is 0 Å². The van der Waals surface area contributed by atoms with Crippen LogP contribution in [0.15, 0.2) is 72.4 Å². The molecule has 4 N–H and O–H groups in total. The SMILES string of the molecule is CCCN(Cc1ccc(N/C(C)=C2\C(=O)Nc3ccc(N)cc32)cc1)Cc1ccc([N+](=O)[O-])cc1. The summed E-state index contributed by atoms with van der Waals surface area (Å²) in [6.07, 6.45) is 1.01. The van der Waals surface area contributed by atoms with E-state index >= 15 is 0 Å². The van der Waals surface area contributed by atoms with Crippen LogP contribution in [0.4, 0.5) is 22.7 Å². The lowest BCUT2D eigenvalue weighted by atomic mass is 10.0. The predicted octanol–water partition coefficient (Wildman–Crippen LogP) is 5.38. The molecular formula is C27H29N5O3. The van der Waals surface area contributed by atoms with Gasteiger partial charge in [0.2, 0.25) is 0 Å². The molecule has 0 saturated heterocycles. The monoisotopic (exact) mass is 471 g/mol. The highest BCUT2D eigenvalue weighted by Gasteiger charge is 2.26. The topological polar surface area (TPSA) is 114 Å². The van der Waals surface area contributed by atoms with Gasteiger partial charge in [-0.15, -0.1) is 0 Å². The van der Waals surface area contributed by atoms with E-state index in [1.807, 2.05) is 43.3 Å². The Hall–Kier alpha value is -4.17. The Bertz CT molecular complexity index is 1270. The lowest BCUT2D eigenvalue weighted by Gasteiger charge is -2.22. The van der Waals surface area contributed by atoms with Crippen LogP contribution >= 0.6 is 0 Å². The second-order valence-corrected chi connectivity index (χ2v) is 8.72. The number of nitrogen functional groups attached to an aromatic ring is 1. The Labute approximate surface area is 204 Å². The number of nitro groups is 1. The van der Waals surface area contributed by atoms with Gasteiger partial charge in [-0.3, -0.25) is 19.8 Å². The number of carbonyl (C=O) groups excluding carboxylic acids is 1. The Balaban J connectivity index is 1.44. The highest BCUT2D eigenvalue weighted by molar-refractivity contribution is 6.32. The van der Waals surface area contributed by atoms with E-state index in [1.165, 1.54) is 0 Å². The summed E-state index contributed by atoms with van der Waals surface area (Å²) >= 11 is 0. The van der Waals surface area contributed by atoms with E-state index in [-0.39, 0.29) is 16.5 Å². The van der Waals surface area contributed by atoms with Gasteiger partial charge in [0, 0.05) is 53.5 Å². The van der Waals surface area contributed by atoms with E-state index in [9.17, 15) is 14.9 Å². The lowest BCUT2D eigenvalue weighted by Crippen LogP contribution is -2.23. The summed E-state index contributed by atoms with van der Waals surface area (Å²) in [5.74, 6) is -0.145. The number of rotatable bonds is 9. The highest BCUT2D eigenvalue weighted by atomic mass is 16.6. The number of carbonyl (C=O) groups is 1. The smallest absolute Gasteiger partial charge is 0.269 e. The van der Waals surface area contributed by atoms with Crippen molar-refractivity contribution in [3.8, 4) is 0 Å². The lowest BCUT2D eigenvalue weighted by molar-refractivity contribution is -0.384. The van der Waals surface area contributed by atoms with Gasteiger partial charge in [-0.2, -0.15) is 0 Å². The number of non-ortho nitro benzene ring substituents is 1. The molecule has 0 aliphatic carbocycles. The average Bonchev–Trinajstić information content (AvgIpc) is 3.15. The number of nitrogens with zero attached hydrogens (tertiary/aromatic N) is 2. The van der Waals surface area contributed by atoms with Crippen molar-refractivity contribution in [3.05, 3.63) is 99.2 Å². The standard InChI is InChI=1S/C27H29N5O3/c1-3-14-31(17-20-6-11-23(12-7-20)32(34)35)16-19-4-9-22(10-5-19)29-18(2)26-24-15-21(28)8-13-25(24)30-27(26)33/h4-13,15,29H,3,14,16-17,28H2,1-2H3,(H,30,33)/b26-18-. The first-order chi connectivity index (χ1) is 16.8. The van der Waals surface area contributed by atoms with Gasteiger partial charge in [0.05, 0.1) is 10.5 Å². The molecule has 35 heavy (non-hydrogen) atoms. The molecule has 0 saturated carbocycles. The maximum absolute atomic E-state index is 12.5. The molecule has 0 unspecified atom stereocenters. The fraction of sp³-hybridized carbons (Fsp3) is 0.222. The van der Waals surface area contributed by atoms with Crippen molar-refractivity contribution in [3.63, 3.8) is 0 Å². The molecule has 3 aromatic carbocycles. The van der Waals surface area contributed by atoms with Crippen molar-refractivity contribution < 1.29 is 9.72 Å². The van der Waals surface area contributed by atoms with Crippen LogP contribution in [-0.4, -0.2) is 22.3 Å². The average molecular weight is 472 g/mol. The minimum absolute atomic E-state index is 0.103. The van der Waals surface area contributed by atoms with Crippen LogP contribution in [0.2, 0.25) is 0 Å². The number of nitrogens with two attached hydrogens (primary N) is 1. The number of allylic oxidation sites excluding steroid dienone is 1. The zero-order valence-electron chi connectivity index (χ0n) is 19.9. The van der Waals surface area contributed by atoms with E-state index in [0.29, 0.717) is 17.8 Å². The summed E-state index contributed by atoms with van der Waals surface area (Å²) in [4.78, 5) is 25.4. The Morgan fingerprint density at radius 2 is 1.66 bits per heavy atom. The second-order valence-electron chi connectivity index (χ2n) is 8.72. The predicted molar refractivity (Wildman–Crippen MR) is 140 cm³/mol. The fourth-order valence-electron chi connectivity index (χ4n) is 4.30. The van der Waals surface area contributed by atoms with Gasteiger partial charge in [-0.1, -0.05) is 31.2 Å². The molecule has 4 rings (SSSR count). The van der Waals surface area contributed by atoms with Crippen LogP contribution in [0.5, 0.6) is 0 Å². The van der Waals surface area contributed by atoms with Crippen molar-refractivity contribution in [2.45, 2.75) is 33.4 Å². The van der Waals surface area contributed by atoms with Gasteiger partial charge in [0.1, 0.15) is 0 Å². The number of nitrogens with one attached hydrogen (secondary N) is 2. The maximum atomic E-state index is 12.5. The van der Waals surface area contributed by atoms with Crippen LogP contribution in [0.25, 0.3) is 5.57 Å². The van der Waals surface area contributed by atoms with Crippen molar-refractivity contribution in [1.29, 1.82) is 0 Å². The summed E-state index contributed by atoms with van der Waals surface area (Å²) in [5, 5.41) is 17.1. The number of fused-ring (bicyclic) bond motifs is 1. The molecule has 0 aromatic heterocycles. The molecule has 0 spiro atoms. The molecule has 8 heteroatoms. The van der Waals surface area contributed by atoms with Gasteiger partial charge >= 0.3 is 0 Å². The van der Waals surface area contributed by atoms with Crippen LogP contribution in [-0.2, 0) is 17.9 Å². The van der Waals surface area contributed by atoms with E-state index in [2.05, 4.69) is 34.6 Å². The molecule has 8 nitrogen and oxygen atoms in total. The number of hydrogen-bond donors (Lipinski definition) is 3. The fourth-order valence-corrected chi connectivity index (χ4v) is 4.30. The first-order valence-electron chi connectivity index (χ1n) is 11.6. The van der Waals surface area contributed by atoms with Gasteiger partial charge < -0.3 is 16.4 Å². The Morgan fingerprint density at radius 1 is 1.03 bits per heavy atom. The molecule has 1 aliphatic heterocycles. The molecule has 1 aliphatic rings. The number of hydrogen-bond acceptors (Lipinski definition) is 6. The minimum Gasteiger partial charge on any atom is -0.399 e. The summed E-state index contributed by atoms with van der Waals surface area (Å²) in [6, 6.07) is 20.3. The minimum atomic E-state index is -0.381. The summed E-state index contributed by atoms with van der Waals surface area (Å²) in [5.41, 5.74) is 12.6. The van der Waals surface area contributed by atoms with Crippen LogP contribution in [0.1, 0.15) is 37.0 Å². The first-order valence-corrected chi connectivity index (χ1v) is 11.6. The number of benzene rings is 3. The molecule has 1 amide bonds. The van der Waals surface area contributed by atoms with Gasteiger partial charge in [0.25, 0.3) is 11.6 Å². The molecule has 0 fully saturated rings. The number of nitro benzene ring substituents is 1. The van der Waals surface area contributed by atoms with Crippen molar-refractivity contribution >= 4 is 34.2 Å². The first kappa shape index (κ1) is 24.0. The third-order valence-corrected chi connectivity index (χ3v) is 5.95. The molecule has 180 valence electrons. The van der Waals surface area contributed by atoms with Crippen LogP contribution < -0.4 is 16.4 Å². The molecule has 1 heterocycles. The second kappa shape index (κ2) is 10.4. The Morgan fingerprint density at radius 3 is 2.26 bits per heavy atom. The normalized spacial score (nSPS) is 14.0. The summed E-state index contributed by atoms with van der Waals surface area (Å²) < 4.78 is 0. The number of anilines is 3. The molecule has 0 radical (unpaired) electrons. The highest BCUT2D eigenvalue weighted by Crippen LogP contribution is 2.35. The summed E-state index contributed by atoms with van der Waals surface area (Å²) in [6.45, 7) is 6.42. The van der Waals surface area contributed by atoms with Crippen LogP contribution in [0, 0.1) is 10.1 Å². The number of amides is 1. The molecule has 0 bridgehead atoms. The van der Waals surface area contributed by atoms with Gasteiger partial charge in [-0.25, -0.2) is 0 Å². The third kappa shape index (κ3) is 5.67. The quantitative estimate of drug-likeness (QED) is 0.167. The van der Waals surface area contributed by atoms with E-state index < -0.39 is 0 Å². The molecule has 3 aromatic rings. The molecular weight excluding hydrogens is 442 g/mol. The van der Waals surface area contributed by atoms with Crippen molar-refractivity contribution in [2.75, 3.05) is 22.9 Å². The van der Waals surface area contributed by atoms with Crippen LogP contribution in [0.3, 0.4) is 0 Å². The zero-order valence-corrected chi connectivity index (χ0v) is 19.9. The van der Waals surface area contributed by atoms with E-state index in [1.54, 1.807) is 18.2 Å². The third-order valence-electron chi connectivity index (χ3n) is 5.95. The zero-order chi connectivity index (χ0) is 24.9. The largest absolute Gasteiger partial charge is 0.399 e. The molecule has 0 atom stereocenters. The van der Waals surface area contributed by atoms with Crippen molar-refractivity contribution in [1.82, 2.24) is 4.90 Å². The van der Waals surface area contributed by atoms with Gasteiger partial charge in [-0.05, 0) is 61.3 Å². The summed E-state index contributed by atoms with van der Waals surface area (Å²) in [7, 11) is 0. The Kier molecular flexibility index (Phi) is 7.12. The van der Waals surface area contributed by atoms with E-state index in [0.717, 1.165) is 53.3 Å². The maximum Gasteiger partial charge on any atom is 0.269 e. The van der Waals surface area contributed by atoms with Crippen molar-refractivity contribution in [2.24, 2.45) is 0 Å². The van der Waals surface area contributed by atoms with E-state index in [4.69, 9.17) is 5.73 Å².